The van der Waals surface area contributed by atoms with Gasteiger partial charge in [-0.05, 0) is 67.6 Å². The predicted octanol–water partition coefficient (Wildman–Crippen LogP) is 2.72. The van der Waals surface area contributed by atoms with Gasteiger partial charge in [-0.1, -0.05) is 12.2 Å². The van der Waals surface area contributed by atoms with Crippen molar-refractivity contribution in [3.63, 3.8) is 0 Å². The number of carbonyl (C=O) groups excluding carboxylic acids is 2. The van der Waals surface area contributed by atoms with Gasteiger partial charge in [0, 0.05) is 6.42 Å². The highest BCUT2D eigenvalue weighted by molar-refractivity contribution is 5.76. The highest BCUT2D eigenvalue weighted by Gasteiger charge is 2.62. The van der Waals surface area contributed by atoms with Gasteiger partial charge in [-0.2, -0.15) is 0 Å². The summed E-state index contributed by atoms with van der Waals surface area (Å²) in [7, 11) is 0. The van der Waals surface area contributed by atoms with E-state index in [1.807, 2.05) is 0 Å². The van der Waals surface area contributed by atoms with Gasteiger partial charge in [0.25, 0.3) is 0 Å². The Balaban J connectivity index is 1.17. The number of esters is 2. The second-order valence-corrected chi connectivity index (χ2v) is 9.07. The highest BCUT2D eigenvalue weighted by Crippen LogP contribution is 2.67. The number of hydrogen-bond acceptors (Lipinski definition) is 4. The van der Waals surface area contributed by atoms with Gasteiger partial charge >= 0.3 is 11.9 Å². The smallest absolute Gasteiger partial charge is 0.309 e. The van der Waals surface area contributed by atoms with Crippen LogP contribution in [-0.2, 0) is 19.1 Å². The minimum atomic E-state index is -0.199. The normalized spacial score (nSPS) is 55.8. The van der Waals surface area contributed by atoms with E-state index in [4.69, 9.17) is 9.47 Å². The molecule has 0 spiro atoms. The molecular formula is C20H24O4. The Morgan fingerprint density at radius 3 is 2.75 bits per heavy atom. The van der Waals surface area contributed by atoms with Crippen LogP contribution in [0.3, 0.4) is 0 Å². The van der Waals surface area contributed by atoms with Crippen LogP contribution in [0.2, 0.25) is 0 Å². The van der Waals surface area contributed by atoms with E-state index in [0.717, 1.165) is 55.3 Å². The molecule has 0 aromatic carbocycles. The minimum absolute atomic E-state index is 0.000831. The lowest BCUT2D eigenvalue weighted by Gasteiger charge is -2.36. The third-order valence-corrected chi connectivity index (χ3v) is 8.17. The van der Waals surface area contributed by atoms with Crippen molar-refractivity contribution in [2.24, 2.45) is 47.3 Å². The van der Waals surface area contributed by atoms with E-state index in [9.17, 15) is 9.59 Å². The summed E-state index contributed by atoms with van der Waals surface area (Å²) in [6.45, 7) is 0. The van der Waals surface area contributed by atoms with Crippen LogP contribution in [0.15, 0.2) is 12.2 Å². The molecule has 5 aliphatic carbocycles. The Hall–Kier alpha value is -1.32. The standard InChI is InChI=1S/C20H24O4/c21-19-11-3-4-15(16(8-11)24-19)23-20(22)14-7-12-6-13(14)18-10-2-1-9(5-10)17(12)18/h1-2,9-18H,3-8H2. The first-order valence-corrected chi connectivity index (χ1v) is 9.78. The molecule has 0 aromatic heterocycles. The topological polar surface area (TPSA) is 52.6 Å². The van der Waals surface area contributed by atoms with E-state index >= 15 is 0 Å². The molecule has 1 heterocycles. The van der Waals surface area contributed by atoms with E-state index < -0.39 is 0 Å². The lowest BCUT2D eigenvalue weighted by molar-refractivity contribution is -0.167. The lowest BCUT2D eigenvalue weighted by atomic mass is 9.69. The van der Waals surface area contributed by atoms with Gasteiger partial charge in [0.15, 0.2) is 0 Å². The number of fused-ring (bicyclic) bond motifs is 11. The van der Waals surface area contributed by atoms with Crippen LogP contribution in [0.1, 0.15) is 38.5 Å². The molecule has 4 saturated carbocycles. The summed E-state index contributed by atoms with van der Waals surface area (Å²) in [5.74, 6) is 4.42. The fraction of sp³-hybridized carbons (Fsp3) is 0.800. The van der Waals surface area contributed by atoms with Crippen molar-refractivity contribution in [1.82, 2.24) is 0 Å². The number of carbonyl (C=O) groups is 2. The first-order chi connectivity index (χ1) is 11.7. The summed E-state index contributed by atoms with van der Waals surface area (Å²) in [6.07, 6.45) is 10.4. The van der Waals surface area contributed by atoms with Gasteiger partial charge in [0.05, 0.1) is 11.8 Å². The average Bonchev–Trinajstić information content (AvgIpc) is 3.36. The van der Waals surface area contributed by atoms with Crippen molar-refractivity contribution < 1.29 is 19.1 Å². The monoisotopic (exact) mass is 328 g/mol. The number of rotatable bonds is 2. The van der Waals surface area contributed by atoms with E-state index in [2.05, 4.69) is 12.2 Å². The molecular weight excluding hydrogens is 304 g/mol. The van der Waals surface area contributed by atoms with Crippen LogP contribution in [0.25, 0.3) is 0 Å². The molecule has 0 amide bonds. The highest BCUT2D eigenvalue weighted by atomic mass is 16.6. The molecule has 24 heavy (non-hydrogen) atoms. The molecule has 6 aliphatic rings. The molecule has 1 saturated heterocycles. The van der Waals surface area contributed by atoms with E-state index in [0.29, 0.717) is 5.92 Å². The van der Waals surface area contributed by atoms with E-state index in [1.54, 1.807) is 0 Å². The van der Waals surface area contributed by atoms with E-state index in [-0.39, 0.29) is 36.0 Å². The molecule has 0 radical (unpaired) electrons. The molecule has 6 rings (SSSR count). The number of allylic oxidation sites excluding steroid dienone is 2. The van der Waals surface area contributed by atoms with Crippen molar-refractivity contribution in [3.8, 4) is 0 Å². The van der Waals surface area contributed by atoms with Crippen molar-refractivity contribution in [1.29, 1.82) is 0 Å². The average molecular weight is 328 g/mol. The van der Waals surface area contributed by atoms with Crippen LogP contribution in [0.4, 0.5) is 0 Å². The molecule has 10 unspecified atom stereocenters. The molecule has 5 fully saturated rings. The Bertz CT molecular complexity index is 640. The molecule has 128 valence electrons. The van der Waals surface area contributed by atoms with Crippen molar-refractivity contribution in [2.75, 3.05) is 0 Å². The maximum Gasteiger partial charge on any atom is 0.309 e. The number of ether oxygens (including phenoxy) is 2. The molecule has 4 heteroatoms. The molecule has 10 atom stereocenters. The second kappa shape index (κ2) is 4.64. The zero-order valence-electron chi connectivity index (χ0n) is 13.8. The Kier molecular flexibility index (Phi) is 2.69. The van der Waals surface area contributed by atoms with Gasteiger partial charge in [-0.25, -0.2) is 0 Å². The molecule has 0 aromatic rings. The number of hydrogen-bond donors (Lipinski definition) is 0. The fourth-order valence-corrected chi connectivity index (χ4v) is 7.34. The van der Waals surface area contributed by atoms with Gasteiger partial charge in [0.1, 0.15) is 12.2 Å². The Morgan fingerprint density at radius 1 is 1.04 bits per heavy atom. The van der Waals surface area contributed by atoms with Crippen molar-refractivity contribution in [2.45, 2.75) is 50.7 Å². The summed E-state index contributed by atoms with van der Waals surface area (Å²) in [4.78, 5) is 24.6. The quantitative estimate of drug-likeness (QED) is 0.444. The summed E-state index contributed by atoms with van der Waals surface area (Å²) in [6, 6.07) is 0. The molecule has 1 aliphatic heterocycles. The molecule has 0 N–H and O–H groups in total. The second-order valence-electron chi connectivity index (χ2n) is 9.07. The largest absolute Gasteiger partial charge is 0.458 e. The zero-order valence-corrected chi connectivity index (χ0v) is 13.8. The summed E-state index contributed by atoms with van der Waals surface area (Å²) >= 11 is 0. The Labute approximate surface area is 141 Å². The van der Waals surface area contributed by atoms with Crippen LogP contribution >= 0.6 is 0 Å². The SMILES string of the molecule is O=C1OC2CC1CCC2OC(=O)C1CC2CC1C1C3C=CC(C3)C21. The van der Waals surface area contributed by atoms with Gasteiger partial charge in [-0.15, -0.1) is 0 Å². The van der Waals surface area contributed by atoms with Crippen LogP contribution < -0.4 is 0 Å². The van der Waals surface area contributed by atoms with Gasteiger partial charge < -0.3 is 9.47 Å². The molecule has 4 nitrogen and oxygen atoms in total. The first-order valence-electron chi connectivity index (χ1n) is 9.78. The lowest BCUT2D eigenvalue weighted by Crippen LogP contribution is -2.39. The fourth-order valence-electron chi connectivity index (χ4n) is 7.34. The predicted molar refractivity (Wildman–Crippen MR) is 84.5 cm³/mol. The van der Waals surface area contributed by atoms with Gasteiger partial charge in [-0.3, -0.25) is 9.59 Å². The van der Waals surface area contributed by atoms with E-state index in [1.165, 1.54) is 12.8 Å². The van der Waals surface area contributed by atoms with Crippen LogP contribution in [-0.4, -0.2) is 24.1 Å². The van der Waals surface area contributed by atoms with Crippen LogP contribution in [0.5, 0.6) is 0 Å². The maximum atomic E-state index is 12.9. The van der Waals surface area contributed by atoms with Crippen LogP contribution in [0, 0.1) is 47.3 Å². The summed E-state index contributed by atoms with van der Waals surface area (Å²) in [5, 5.41) is 0. The van der Waals surface area contributed by atoms with Crippen molar-refractivity contribution >= 4 is 11.9 Å². The first kappa shape index (κ1) is 13.9. The summed E-state index contributed by atoms with van der Waals surface area (Å²) in [5.41, 5.74) is 0. The minimum Gasteiger partial charge on any atom is -0.458 e. The third-order valence-electron chi connectivity index (χ3n) is 8.17. The van der Waals surface area contributed by atoms with Gasteiger partial charge in [0.2, 0.25) is 0 Å². The zero-order chi connectivity index (χ0) is 16.0. The third kappa shape index (κ3) is 1.70. The Morgan fingerprint density at radius 2 is 1.88 bits per heavy atom. The maximum absolute atomic E-state index is 12.9. The van der Waals surface area contributed by atoms with Crippen molar-refractivity contribution in [3.05, 3.63) is 12.2 Å². The summed E-state index contributed by atoms with van der Waals surface area (Å²) < 4.78 is 11.3. The molecule has 6 bridgehead atoms.